The van der Waals surface area contributed by atoms with Crippen molar-refractivity contribution in [2.75, 3.05) is 19.7 Å². The molecule has 1 aromatic heterocycles. The summed E-state index contributed by atoms with van der Waals surface area (Å²) >= 11 is 0. The van der Waals surface area contributed by atoms with Crippen LogP contribution < -0.4 is 0 Å². The Balaban J connectivity index is 1.76. The highest BCUT2D eigenvalue weighted by molar-refractivity contribution is 5.19. The molecule has 1 fully saturated rings. The van der Waals surface area contributed by atoms with Gasteiger partial charge >= 0.3 is 0 Å². The number of likely N-dealkylation sites (tertiary alicyclic amines) is 1. The van der Waals surface area contributed by atoms with Crippen molar-refractivity contribution in [1.82, 2.24) is 14.5 Å². The predicted molar refractivity (Wildman–Crippen MR) is 93.4 cm³/mol. The van der Waals surface area contributed by atoms with Gasteiger partial charge in [0.15, 0.2) is 0 Å². The number of aliphatic hydroxyl groups is 2. The van der Waals surface area contributed by atoms with E-state index in [4.69, 9.17) is 0 Å². The number of imidazole rings is 1. The summed E-state index contributed by atoms with van der Waals surface area (Å²) in [4.78, 5) is 6.47. The number of hydrogen-bond donors (Lipinski definition) is 2. The van der Waals surface area contributed by atoms with Gasteiger partial charge in [-0.15, -0.1) is 0 Å². The number of aliphatic hydroxyl groups excluding tert-OH is 2. The smallest absolute Gasteiger partial charge is 0.123 e. The molecule has 0 radical (unpaired) electrons. The minimum Gasteiger partial charge on any atom is -0.396 e. The first kappa shape index (κ1) is 18.0. The first-order chi connectivity index (χ1) is 12.1. The molecule has 0 unspecified atom stereocenters. The SMILES string of the molecule is CCn1cncc1CN1CC[C@H](O)[C@@](CO)(Cc2ccc(F)cc2)C1. The summed E-state index contributed by atoms with van der Waals surface area (Å²) in [5.41, 5.74) is 1.43. The molecule has 2 atom stereocenters. The number of benzene rings is 1. The highest BCUT2D eigenvalue weighted by Crippen LogP contribution is 2.34. The van der Waals surface area contributed by atoms with Gasteiger partial charge in [-0.2, -0.15) is 0 Å². The van der Waals surface area contributed by atoms with Gasteiger partial charge in [0.2, 0.25) is 0 Å². The van der Waals surface area contributed by atoms with Crippen molar-refractivity contribution in [1.29, 1.82) is 0 Å². The highest BCUT2D eigenvalue weighted by Gasteiger charge is 2.42. The van der Waals surface area contributed by atoms with Crippen LogP contribution in [0.1, 0.15) is 24.6 Å². The summed E-state index contributed by atoms with van der Waals surface area (Å²) in [6, 6.07) is 6.30. The summed E-state index contributed by atoms with van der Waals surface area (Å²) in [5.74, 6) is -0.277. The second-order valence-electron chi connectivity index (χ2n) is 7.01. The molecule has 25 heavy (non-hydrogen) atoms. The van der Waals surface area contributed by atoms with Gasteiger partial charge in [-0.1, -0.05) is 12.1 Å². The number of halogens is 1. The zero-order chi connectivity index (χ0) is 17.9. The molecule has 1 saturated heterocycles. The maximum absolute atomic E-state index is 13.1. The topological polar surface area (TPSA) is 61.5 Å². The van der Waals surface area contributed by atoms with Crippen LogP contribution in [0, 0.1) is 11.2 Å². The van der Waals surface area contributed by atoms with Gasteiger partial charge in [0, 0.05) is 37.8 Å². The molecule has 0 saturated carbocycles. The molecular weight excluding hydrogens is 321 g/mol. The first-order valence-corrected chi connectivity index (χ1v) is 8.81. The number of nitrogens with zero attached hydrogens (tertiary/aromatic N) is 3. The third-order valence-electron chi connectivity index (χ3n) is 5.27. The monoisotopic (exact) mass is 347 g/mol. The lowest BCUT2D eigenvalue weighted by atomic mass is 9.73. The highest BCUT2D eigenvalue weighted by atomic mass is 19.1. The van der Waals surface area contributed by atoms with Crippen LogP contribution in [0.2, 0.25) is 0 Å². The normalized spacial score (nSPS) is 24.6. The second-order valence-corrected chi connectivity index (χ2v) is 7.01. The van der Waals surface area contributed by atoms with Crippen molar-refractivity contribution in [2.45, 2.75) is 39.0 Å². The lowest BCUT2D eigenvalue weighted by Crippen LogP contribution is -2.54. The Morgan fingerprint density at radius 1 is 1.32 bits per heavy atom. The molecule has 0 aliphatic carbocycles. The van der Waals surface area contributed by atoms with E-state index in [1.54, 1.807) is 12.1 Å². The zero-order valence-electron chi connectivity index (χ0n) is 14.6. The van der Waals surface area contributed by atoms with E-state index < -0.39 is 11.5 Å². The second kappa shape index (κ2) is 7.64. The maximum atomic E-state index is 13.1. The van der Waals surface area contributed by atoms with E-state index in [0.29, 0.717) is 19.4 Å². The Labute approximate surface area is 147 Å². The summed E-state index contributed by atoms with van der Waals surface area (Å²) in [7, 11) is 0. The molecule has 2 aromatic rings. The van der Waals surface area contributed by atoms with E-state index in [0.717, 1.165) is 30.9 Å². The van der Waals surface area contributed by atoms with Gasteiger partial charge in [0.05, 0.1) is 24.7 Å². The Morgan fingerprint density at radius 2 is 2.08 bits per heavy atom. The minimum absolute atomic E-state index is 0.102. The average molecular weight is 347 g/mol. The predicted octanol–water partition coefficient (Wildman–Crippen LogP) is 1.83. The molecule has 3 rings (SSSR count). The standard InChI is InChI=1S/C19H26FN3O2/c1-2-23-14-21-10-17(23)11-22-8-7-18(25)19(12-22,13-24)9-15-3-5-16(20)6-4-15/h3-6,10,14,18,24-25H,2,7-9,11-13H2,1H3/t18-,19-/m0/s1. The molecule has 2 heterocycles. The van der Waals surface area contributed by atoms with Crippen molar-refractivity contribution >= 4 is 0 Å². The molecule has 0 spiro atoms. The van der Waals surface area contributed by atoms with Crippen molar-refractivity contribution in [2.24, 2.45) is 5.41 Å². The Morgan fingerprint density at radius 3 is 2.76 bits per heavy atom. The van der Waals surface area contributed by atoms with Gasteiger partial charge < -0.3 is 14.8 Å². The van der Waals surface area contributed by atoms with E-state index in [1.807, 2.05) is 12.5 Å². The molecule has 6 heteroatoms. The quantitative estimate of drug-likeness (QED) is 0.837. The van der Waals surface area contributed by atoms with Crippen LogP contribution in [-0.4, -0.2) is 50.5 Å². The van der Waals surface area contributed by atoms with Crippen molar-refractivity contribution in [3.05, 3.63) is 53.9 Å². The molecule has 1 aromatic carbocycles. The molecule has 0 bridgehead atoms. The molecular formula is C19H26FN3O2. The number of rotatable bonds is 6. The average Bonchev–Trinajstić information content (AvgIpc) is 3.07. The van der Waals surface area contributed by atoms with E-state index in [9.17, 15) is 14.6 Å². The fraction of sp³-hybridized carbons (Fsp3) is 0.526. The van der Waals surface area contributed by atoms with Crippen LogP contribution in [0.5, 0.6) is 0 Å². The number of aryl methyl sites for hydroxylation is 1. The molecule has 2 N–H and O–H groups in total. The van der Waals surface area contributed by atoms with Crippen LogP contribution in [0.4, 0.5) is 4.39 Å². The molecule has 1 aliphatic heterocycles. The summed E-state index contributed by atoms with van der Waals surface area (Å²) < 4.78 is 15.3. The zero-order valence-corrected chi connectivity index (χ0v) is 14.6. The van der Waals surface area contributed by atoms with Gasteiger partial charge in [-0.05, 0) is 37.5 Å². The van der Waals surface area contributed by atoms with Crippen LogP contribution in [0.15, 0.2) is 36.8 Å². The fourth-order valence-electron chi connectivity index (χ4n) is 3.76. The van der Waals surface area contributed by atoms with E-state index in [-0.39, 0.29) is 12.4 Å². The van der Waals surface area contributed by atoms with E-state index in [2.05, 4.69) is 21.4 Å². The molecule has 136 valence electrons. The van der Waals surface area contributed by atoms with Crippen molar-refractivity contribution in [3.63, 3.8) is 0 Å². The molecule has 5 nitrogen and oxygen atoms in total. The van der Waals surface area contributed by atoms with E-state index in [1.165, 1.54) is 12.1 Å². The lowest BCUT2D eigenvalue weighted by Gasteiger charge is -2.45. The third kappa shape index (κ3) is 3.92. The Kier molecular flexibility index (Phi) is 5.51. The first-order valence-electron chi connectivity index (χ1n) is 8.81. The van der Waals surface area contributed by atoms with Crippen LogP contribution >= 0.6 is 0 Å². The van der Waals surface area contributed by atoms with E-state index >= 15 is 0 Å². The maximum Gasteiger partial charge on any atom is 0.123 e. The largest absolute Gasteiger partial charge is 0.396 e. The van der Waals surface area contributed by atoms with Crippen LogP contribution in [0.3, 0.4) is 0 Å². The van der Waals surface area contributed by atoms with Crippen LogP contribution in [-0.2, 0) is 19.5 Å². The minimum atomic E-state index is -0.632. The van der Waals surface area contributed by atoms with Gasteiger partial charge in [0.25, 0.3) is 0 Å². The fourth-order valence-corrected chi connectivity index (χ4v) is 3.76. The Hall–Kier alpha value is -1.76. The lowest BCUT2D eigenvalue weighted by molar-refractivity contribution is -0.0772. The Bertz CT molecular complexity index is 688. The van der Waals surface area contributed by atoms with Gasteiger partial charge in [-0.3, -0.25) is 4.90 Å². The number of aromatic nitrogens is 2. The summed E-state index contributed by atoms with van der Waals surface area (Å²) in [6.07, 6.45) is 4.26. The summed E-state index contributed by atoms with van der Waals surface area (Å²) in [6.45, 7) is 4.96. The van der Waals surface area contributed by atoms with Crippen molar-refractivity contribution in [3.8, 4) is 0 Å². The third-order valence-corrected chi connectivity index (χ3v) is 5.27. The molecule has 1 aliphatic rings. The van der Waals surface area contributed by atoms with Crippen molar-refractivity contribution < 1.29 is 14.6 Å². The van der Waals surface area contributed by atoms with Crippen LogP contribution in [0.25, 0.3) is 0 Å². The van der Waals surface area contributed by atoms with Gasteiger partial charge in [-0.25, -0.2) is 9.37 Å². The van der Waals surface area contributed by atoms with Gasteiger partial charge in [0.1, 0.15) is 5.82 Å². The molecule has 0 amide bonds. The number of piperidine rings is 1. The number of hydrogen-bond acceptors (Lipinski definition) is 4. The summed E-state index contributed by atoms with van der Waals surface area (Å²) in [5, 5.41) is 20.7.